The third kappa shape index (κ3) is 2.58. The Labute approximate surface area is 94.7 Å². The SMILES string of the molecule is O=C(NC1CCCC1)c1ccnc(CO)c1. The Hall–Kier alpha value is -1.42. The Balaban J connectivity index is 2.01. The van der Waals surface area contributed by atoms with Crippen molar-refractivity contribution >= 4 is 5.91 Å². The van der Waals surface area contributed by atoms with Gasteiger partial charge in [0.15, 0.2) is 0 Å². The van der Waals surface area contributed by atoms with Gasteiger partial charge in [0.05, 0.1) is 12.3 Å². The van der Waals surface area contributed by atoms with Crippen LogP contribution < -0.4 is 5.32 Å². The maximum atomic E-state index is 11.8. The number of nitrogens with zero attached hydrogens (tertiary/aromatic N) is 1. The van der Waals surface area contributed by atoms with E-state index in [1.807, 2.05) is 0 Å². The summed E-state index contributed by atoms with van der Waals surface area (Å²) in [5.74, 6) is -0.0657. The van der Waals surface area contributed by atoms with Gasteiger partial charge in [0, 0.05) is 17.8 Å². The van der Waals surface area contributed by atoms with Crippen LogP contribution in [0.1, 0.15) is 41.7 Å². The molecule has 4 nitrogen and oxygen atoms in total. The number of carbonyl (C=O) groups excluding carboxylic acids is 1. The van der Waals surface area contributed by atoms with Gasteiger partial charge < -0.3 is 10.4 Å². The van der Waals surface area contributed by atoms with E-state index in [2.05, 4.69) is 10.3 Å². The van der Waals surface area contributed by atoms with Gasteiger partial charge in [-0.3, -0.25) is 9.78 Å². The summed E-state index contributed by atoms with van der Waals surface area (Å²) in [4.78, 5) is 15.8. The number of carbonyl (C=O) groups is 1. The van der Waals surface area contributed by atoms with Crippen LogP contribution in [-0.4, -0.2) is 22.0 Å². The summed E-state index contributed by atoms with van der Waals surface area (Å²) in [5, 5.41) is 11.9. The second kappa shape index (κ2) is 5.07. The maximum Gasteiger partial charge on any atom is 0.251 e. The summed E-state index contributed by atoms with van der Waals surface area (Å²) in [6.45, 7) is -0.134. The van der Waals surface area contributed by atoms with Crippen molar-refractivity contribution in [2.75, 3.05) is 0 Å². The lowest BCUT2D eigenvalue weighted by molar-refractivity contribution is 0.0937. The van der Waals surface area contributed by atoms with E-state index in [0.717, 1.165) is 12.8 Å². The number of aliphatic hydroxyl groups is 1. The zero-order valence-electron chi connectivity index (χ0n) is 9.15. The number of nitrogens with one attached hydrogen (secondary N) is 1. The van der Waals surface area contributed by atoms with Crippen LogP contribution in [0.3, 0.4) is 0 Å². The number of aromatic nitrogens is 1. The van der Waals surface area contributed by atoms with Crippen LogP contribution in [0.4, 0.5) is 0 Å². The summed E-state index contributed by atoms with van der Waals surface area (Å²) in [6, 6.07) is 3.62. The van der Waals surface area contributed by atoms with Crippen LogP contribution in [-0.2, 0) is 6.61 Å². The smallest absolute Gasteiger partial charge is 0.251 e. The Kier molecular flexibility index (Phi) is 3.51. The monoisotopic (exact) mass is 220 g/mol. The lowest BCUT2D eigenvalue weighted by Crippen LogP contribution is -2.32. The average Bonchev–Trinajstić information content (AvgIpc) is 2.82. The molecule has 0 bridgehead atoms. The Morgan fingerprint density at radius 2 is 2.25 bits per heavy atom. The van der Waals surface area contributed by atoms with Gasteiger partial charge >= 0.3 is 0 Å². The molecule has 1 heterocycles. The first kappa shape index (κ1) is 11.1. The van der Waals surface area contributed by atoms with Gasteiger partial charge in [-0.05, 0) is 25.0 Å². The molecule has 1 amide bonds. The molecular formula is C12H16N2O2. The average molecular weight is 220 g/mol. The van der Waals surface area contributed by atoms with E-state index in [-0.39, 0.29) is 12.5 Å². The molecule has 86 valence electrons. The van der Waals surface area contributed by atoms with E-state index in [9.17, 15) is 4.79 Å². The Morgan fingerprint density at radius 3 is 2.94 bits per heavy atom. The highest BCUT2D eigenvalue weighted by atomic mass is 16.3. The number of hydrogen-bond acceptors (Lipinski definition) is 3. The first-order chi connectivity index (χ1) is 7.79. The van der Waals surface area contributed by atoms with E-state index in [4.69, 9.17) is 5.11 Å². The fourth-order valence-corrected chi connectivity index (χ4v) is 2.04. The van der Waals surface area contributed by atoms with Crippen LogP contribution in [0, 0.1) is 0 Å². The number of aliphatic hydroxyl groups excluding tert-OH is 1. The van der Waals surface area contributed by atoms with Crippen molar-refractivity contribution in [3.05, 3.63) is 29.6 Å². The molecule has 0 radical (unpaired) electrons. The highest BCUT2D eigenvalue weighted by Crippen LogP contribution is 2.18. The van der Waals surface area contributed by atoms with Crippen molar-refractivity contribution in [3.63, 3.8) is 0 Å². The van der Waals surface area contributed by atoms with Crippen molar-refractivity contribution in [2.45, 2.75) is 38.3 Å². The predicted octanol–water partition coefficient (Wildman–Crippen LogP) is 1.25. The zero-order chi connectivity index (χ0) is 11.4. The molecule has 0 saturated heterocycles. The fourth-order valence-electron chi connectivity index (χ4n) is 2.04. The lowest BCUT2D eigenvalue weighted by atomic mass is 10.2. The van der Waals surface area contributed by atoms with Gasteiger partial charge in [-0.1, -0.05) is 12.8 Å². The molecule has 1 fully saturated rings. The molecule has 0 atom stereocenters. The summed E-state index contributed by atoms with van der Waals surface area (Å²) < 4.78 is 0. The number of amides is 1. The topological polar surface area (TPSA) is 62.2 Å². The van der Waals surface area contributed by atoms with Crippen molar-refractivity contribution in [1.82, 2.24) is 10.3 Å². The van der Waals surface area contributed by atoms with Crippen LogP contribution in [0.2, 0.25) is 0 Å². The molecule has 1 saturated carbocycles. The molecule has 0 spiro atoms. The van der Waals surface area contributed by atoms with E-state index in [1.165, 1.54) is 12.8 Å². The molecular weight excluding hydrogens is 204 g/mol. The van der Waals surface area contributed by atoms with Crippen LogP contribution >= 0.6 is 0 Å². The van der Waals surface area contributed by atoms with Gasteiger partial charge in [-0.25, -0.2) is 0 Å². The molecule has 2 N–H and O–H groups in total. The quantitative estimate of drug-likeness (QED) is 0.805. The standard InChI is InChI=1S/C12H16N2O2/c15-8-11-7-9(5-6-13-11)12(16)14-10-3-1-2-4-10/h5-7,10,15H,1-4,8H2,(H,14,16). The molecule has 1 aromatic rings. The first-order valence-electron chi connectivity index (χ1n) is 5.66. The molecule has 4 heteroatoms. The molecule has 1 aliphatic carbocycles. The second-order valence-electron chi connectivity index (χ2n) is 4.15. The molecule has 16 heavy (non-hydrogen) atoms. The third-order valence-corrected chi connectivity index (χ3v) is 2.93. The zero-order valence-corrected chi connectivity index (χ0v) is 9.15. The van der Waals surface area contributed by atoms with Gasteiger partial charge in [0.2, 0.25) is 0 Å². The second-order valence-corrected chi connectivity index (χ2v) is 4.15. The lowest BCUT2D eigenvalue weighted by Gasteiger charge is -2.11. The van der Waals surface area contributed by atoms with Crippen molar-refractivity contribution in [2.24, 2.45) is 0 Å². The summed E-state index contributed by atoms with van der Waals surface area (Å²) in [5.41, 5.74) is 1.10. The van der Waals surface area contributed by atoms with Gasteiger partial charge in [-0.2, -0.15) is 0 Å². The number of pyridine rings is 1. The summed E-state index contributed by atoms with van der Waals surface area (Å²) in [7, 11) is 0. The normalized spacial score (nSPS) is 16.3. The molecule has 0 aliphatic heterocycles. The third-order valence-electron chi connectivity index (χ3n) is 2.93. The minimum absolute atomic E-state index is 0.0657. The van der Waals surface area contributed by atoms with E-state index < -0.39 is 0 Å². The first-order valence-corrected chi connectivity index (χ1v) is 5.66. The van der Waals surface area contributed by atoms with Crippen molar-refractivity contribution in [3.8, 4) is 0 Å². The van der Waals surface area contributed by atoms with Gasteiger partial charge in [0.25, 0.3) is 5.91 Å². The summed E-state index contributed by atoms with van der Waals surface area (Å²) in [6.07, 6.45) is 6.09. The maximum absolute atomic E-state index is 11.8. The molecule has 0 aromatic carbocycles. The number of rotatable bonds is 3. The largest absolute Gasteiger partial charge is 0.390 e. The fraction of sp³-hybridized carbons (Fsp3) is 0.500. The predicted molar refractivity (Wildman–Crippen MR) is 59.9 cm³/mol. The Morgan fingerprint density at radius 1 is 1.50 bits per heavy atom. The molecule has 1 aromatic heterocycles. The Bertz CT molecular complexity index is 373. The summed E-state index contributed by atoms with van der Waals surface area (Å²) >= 11 is 0. The van der Waals surface area contributed by atoms with Crippen molar-refractivity contribution in [1.29, 1.82) is 0 Å². The van der Waals surface area contributed by atoms with Crippen LogP contribution in [0.25, 0.3) is 0 Å². The van der Waals surface area contributed by atoms with Crippen molar-refractivity contribution < 1.29 is 9.90 Å². The molecule has 1 aliphatic rings. The van der Waals surface area contributed by atoms with Crippen LogP contribution in [0.5, 0.6) is 0 Å². The minimum Gasteiger partial charge on any atom is -0.390 e. The molecule has 2 rings (SSSR count). The molecule has 0 unspecified atom stereocenters. The van der Waals surface area contributed by atoms with Gasteiger partial charge in [-0.15, -0.1) is 0 Å². The highest BCUT2D eigenvalue weighted by molar-refractivity contribution is 5.94. The van der Waals surface area contributed by atoms with E-state index in [1.54, 1.807) is 18.3 Å². The number of hydrogen-bond donors (Lipinski definition) is 2. The van der Waals surface area contributed by atoms with Crippen LogP contribution in [0.15, 0.2) is 18.3 Å². The van der Waals surface area contributed by atoms with E-state index in [0.29, 0.717) is 17.3 Å². The van der Waals surface area contributed by atoms with E-state index >= 15 is 0 Å². The minimum atomic E-state index is -0.134. The van der Waals surface area contributed by atoms with Gasteiger partial charge in [0.1, 0.15) is 0 Å². The highest BCUT2D eigenvalue weighted by Gasteiger charge is 2.17.